The Hall–Kier alpha value is -5.63. The van der Waals surface area contributed by atoms with Crippen molar-refractivity contribution >= 4 is 52.6 Å². The van der Waals surface area contributed by atoms with Gasteiger partial charge < -0.3 is 25.3 Å². The van der Waals surface area contributed by atoms with E-state index in [1.807, 2.05) is 0 Å². The second-order valence-electron chi connectivity index (χ2n) is 8.04. The van der Waals surface area contributed by atoms with E-state index in [1.165, 1.54) is 60.0 Å². The van der Waals surface area contributed by atoms with Crippen molar-refractivity contribution in [3.63, 3.8) is 0 Å². The van der Waals surface area contributed by atoms with Gasteiger partial charge in [-0.05, 0) is 54.6 Å². The van der Waals surface area contributed by atoms with Crippen LogP contribution >= 0.6 is 11.3 Å². The lowest BCUT2D eigenvalue weighted by Gasteiger charge is -2.11. The fourth-order valence-corrected chi connectivity index (χ4v) is 4.23. The summed E-state index contributed by atoms with van der Waals surface area (Å²) in [5, 5.41) is 37.5. The van der Waals surface area contributed by atoms with Crippen molar-refractivity contribution in [3.05, 3.63) is 99.3 Å². The molecule has 0 radical (unpaired) electrons. The van der Waals surface area contributed by atoms with Gasteiger partial charge in [0, 0.05) is 11.1 Å². The maximum absolute atomic E-state index is 15.5. The first-order valence-corrected chi connectivity index (χ1v) is 12.3. The number of aromatic nitrogens is 3. The molecule has 2 aromatic carbocycles. The first-order valence-electron chi connectivity index (χ1n) is 11.4. The Morgan fingerprint density at radius 3 is 2.48 bits per heavy atom. The number of benzene rings is 2. The molecule has 14 heteroatoms. The van der Waals surface area contributed by atoms with Gasteiger partial charge in [-0.1, -0.05) is 12.1 Å². The van der Waals surface area contributed by atoms with Gasteiger partial charge in [-0.3, -0.25) is 14.9 Å². The number of carbonyl (C=O) groups excluding carboxylic acids is 1. The van der Waals surface area contributed by atoms with Crippen molar-refractivity contribution < 1.29 is 28.7 Å². The van der Waals surface area contributed by atoms with Crippen LogP contribution < -0.4 is 10.6 Å². The van der Waals surface area contributed by atoms with Crippen LogP contribution in [-0.2, 0) is 0 Å². The first-order chi connectivity index (χ1) is 19.3. The van der Waals surface area contributed by atoms with Gasteiger partial charge >= 0.3 is 5.88 Å². The number of nitro groups is 1. The molecule has 0 aliphatic rings. The van der Waals surface area contributed by atoms with E-state index in [2.05, 4.69) is 25.6 Å². The van der Waals surface area contributed by atoms with Crippen molar-refractivity contribution in [2.75, 3.05) is 10.6 Å². The minimum Gasteiger partial charge on any atom is -0.508 e. The van der Waals surface area contributed by atoms with Crippen LogP contribution in [0.25, 0.3) is 22.7 Å². The molecule has 0 bridgehead atoms. The average molecular weight is 561 g/mol. The van der Waals surface area contributed by atoms with Crippen molar-refractivity contribution in [1.82, 2.24) is 15.0 Å². The number of furan rings is 1. The molecule has 0 aliphatic carbocycles. The number of aromatic hydroxyl groups is 2. The lowest BCUT2D eigenvalue weighted by molar-refractivity contribution is -0.402. The molecule has 1 amide bonds. The molecule has 0 saturated carbocycles. The summed E-state index contributed by atoms with van der Waals surface area (Å²) in [5.41, 5.74) is 0.788. The van der Waals surface area contributed by atoms with Crippen molar-refractivity contribution in [2.24, 2.45) is 0 Å². The maximum Gasteiger partial charge on any atom is 0.433 e. The molecule has 40 heavy (non-hydrogen) atoms. The summed E-state index contributed by atoms with van der Waals surface area (Å²) in [6, 6.07) is 14.8. The fraction of sp³-hybridized carbons (Fsp3) is 0. The average Bonchev–Trinajstić information content (AvgIpc) is 3.62. The number of hydrogen-bond acceptors (Lipinski definition) is 11. The molecule has 0 aliphatic heterocycles. The Morgan fingerprint density at radius 2 is 1.75 bits per heavy atom. The van der Waals surface area contributed by atoms with E-state index < -0.39 is 28.3 Å². The lowest BCUT2D eigenvalue weighted by atomic mass is 10.2. The Balaban J connectivity index is 1.45. The molecule has 4 N–H and O–H groups in total. The molecule has 0 saturated heterocycles. The van der Waals surface area contributed by atoms with Gasteiger partial charge in [0.05, 0.1) is 11.6 Å². The van der Waals surface area contributed by atoms with Crippen LogP contribution in [0.3, 0.4) is 0 Å². The second kappa shape index (κ2) is 11.0. The summed E-state index contributed by atoms with van der Waals surface area (Å²) < 4.78 is 20.5. The molecule has 3 aromatic heterocycles. The molecule has 0 unspecified atom stereocenters. The Kier molecular flexibility index (Phi) is 7.15. The maximum atomic E-state index is 15.5. The Labute approximate surface area is 228 Å². The minimum absolute atomic E-state index is 0.00396. The molecule has 0 spiro atoms. The predicted molar refractivity (Wildman–Crippen MR) is 145 cm³/mol. The number of anilines is 3. The van der Waals surface area contributed by atoms with Crippen LogP contribution in [0.2, 0.25) is 0 Å². The Morgan fingerprint density at radius 1 is 1.00 bits per heavy atom. The molecular weight excluding hydrogens is 543 g/mol. The number of para-hydroxylation sites is 1. The predicted octanol–water partition coefficient (Wildman–Crippen LogP) is 5.82. The van der Waals surface area contributed by atoms with Crippen molar-refractivity contribution in [2.45, 2.75) is 0 Å². The molecular formula is C26H17FN6O6S. The van der Waals surface area contributed by atoms with Crippen LogP contribution in [-0.4, -0.2) is 36.0 Å². The lowest BCUT2D eigenvalue weighted by Crippen LogP contribution is -2.16. The number of carbonyl (C=O) groups is 1. The molecule has 5 rings (SSSR count). The third-order valence-corrected chi connectivity index (χ3v) is 6.17. The molecule has 200 valence electrons. The SMILES string of the molecule is O=C(Nc1nc(C=Cc2ccc([N+](=O)[O-])o2)nc(Nc2ccc(O)cc2)c1F)c1csc(-c2ccccc2O)n1. The van der Waals surface area contributed by atoms with Crippen LogP contribution in [0.1, 0.15) is 22.1 Å². The van der Waals surface area contributed by atoms with Gasteiger partial charge in [0.1, 0.15) is 32.9 Å². The van der Waals surface area contributed by atoms with Gasteiger partial charge in [-0.2, -0.15) is 4.39 Å². The van der Waals surface area contributed by atoms with E-state index in [4.69, 9.17) is 4.42 Å². The van der Waals surface area contributed by atoms with Gasteiger partial charge in [0.2, 0.25) is 5.82 Å². The summed E-state index contributed by atoms with van der Waals surface area (Å²) in [6.07, 6.45) is 2.66. The highest BCUT2D eigenvalue weighted by atomic mass is 32.1. The van der Waals surface area contributed by atoms with Crippen molar-refractivity contribution in [3.8, 4) is 22.1 Å². The highest BCUT2D eigenvalue weighted by Gasteiger charge is 2.20. The molecule has 12 nitrogen and oxygen atoms in total. The zero-order chi connectivity index (χ0) is 28.2. The second-order valence-corrected chi connectivity index (χ2v) is 8.90. The highest BCUT2D eigenvalue weighted by molar-refractivity contribution is 7.13. The van der Waals surface area contributed by atoms with E-state index in [-0.39, 0.29) is 34.6 Å². The van der Waals surface area contributed by atoms with E-state index >= 15 is 4.39 Å². The summed E-state index contributed by atoms with van der Waals surface area (Å²) in [5.74, 6) is -2.92. The van der Waals surface area contributed by atoms with Gasteiger partial charge in [-0.15, -0.1) is 11.3 Å². The van der Waals surface area contributed by atoms with E-state index in [0.29, 0.717) is 16.3 Å². The Bertz CT molecular complexity index is 1750. The summed E-state index contributed by atoms with van der Waals surface area (Å²) >= 11 is 1.12. The van der Waals surface area contributed by atoms with E-state index in [1.54, 1.807) is 18.2 Å². The number of halogens is 1. The monoisotopic (exact) mass is 560 g/mol. The molecule has 3 heterocycles. The van der Waals surface area contributed by atoms with Gasteiger partial charge in [-0.25, -0.2) is 15.0 Å². The van der Waals surface area contributed by atoms with Crippen LogP contribution in [0.15, 0.2) is 70.5 Å². The zero-order valence-corrected chi connectivity index (χ0v) is 20.9. The fourth-order valence-electron chi connectivity index (χ4n) is 3.40. The van der Waals surface area contributed by atoms with Crippen LogP contribution in [0.5, 0.6) is 11.5 Å². The largest absolute Gasteiger partial charge is 0.508 e. The topological polar surface area (TPSA) is 177 Å². The van der Waals surface area contributed by atoms with E-state index in [9.17, 15) is 25.1 Å². The van der Waals surface area contributed by atoms with Crippen LogP contribution in [0.4, 0.5) is 27.6 Å². The van der Waals surface area contributed by atoms with Gasteiger partial charge in [0.15, 0.2) is 17.5 Å². The standard InChI is InChI=1S/C26H17FN6O6S/c27-22-23(28-14-5-7-15(34)8-6-14)30-20(11-9-16-10-12-21(39-16)33(37)38)31-24(22)32-25(36)18-13-40-26(29-18)17-3-1-2-4-19(17)35/h1-13,34-35H,(H2,28,30,31,32,36). The number of nitrogens with zero attached hydrogens (tertiary/aromatic N) is 4. The molecule has 0 fully saturated rings. The summed E-state index contributed by atoms with van der Waals surface area (Å²) in [6.45, 7) is 0. The highest BCUT2D eigenvalue weighted by Crippen LogP contribution is 2.31. The molecule has 0 atom stereocenters. The van der Waals surface area contributed by atoms with E-state index in [0.717, 1.165) is 11.3 Å². The normalized spacial score (nSPS) is 11.0. The summed E-state index contributed by atoms with van der Waals surface area (Å²) in [4.78, 5) is 35.6. The summed E-state index contributed by atoms with van der Waals surface area (Å²) in [7, 11) is 0. The minimum atomic E-state index is -0.983. The molecule has 5 aromatic rings. The number of phenols is 2. The van der Waals surface area contributed by atoms with Crippen LogP contribution in [0, 0.1) is 15.9 Å². The first kappa shape index (κ1) is 26.0. The van der Waals surface area contributed by atoms with Crippen molar-refractivity contribution in [1.29, 1.82) is 0 Å². The van der Waals surface area contributed by atoms with Gasteiger partial charge in [0.25, 0.3) is 5.91 Å². The number of nitrogens with one attached hydrogen (secondary N) is 2. The number of phenolic OH excluding ortho intramolecular Hbond substituents is 2. The third kappa shape index (κ3) is 5.76. The number of amides is 1. The zero-order valence-electron chi connectivity index (χ0n) is 20.1. The number of hydrogen-bond donors (Lipinski definition) is 4. The number of rotatable bonds is 8. The quantitative estimate of drug-likeness (QED) is 0.103. The third-order valence-electron chi connectivity index (χ3n) is 5.29. The smallest absolute Gasteiger partial charge is 0.433 e. The number of thiazole rings is 1.